The highest BCUT2D eigenvalue weighted by Gasteiger charge is 2.34. The molecule has 9 heteroatoms. The average Bonchev–Trinajstić information content (AvgIpc) is 2.47. The van der Waals surface area contributed by atoms with Crippen molar-refractivity contribution in [2.24, 2.45) is 0 Å². The SMILES string of the molecule is CN1C(=O)CC(COc2ccc([N+](=O)[O-])c(Cl)c2)N(C)C1=O. The molecule has 1 aromatic rings. The first-order valence-corrected chi connectivity index (χ1v) is 6.79. The van der Waals surface area contributed by atoms with Crippen molar-refractivity contribution >= 4 is 29.2 Å². The lowest BCUT2D eigenvalue weighted by atomic mass is 10.1. The van der Waals surface area contributed by atoms with Crippen LogP contribution in [0.1, 0.15) is 6.42 Å². The number of nitro groups is 1. The molecule has 0 N–H and O–H groups in total. The molecule has 3 amide bonds. The molecular weight excluding hydrogens is 314 g/mol. The topological polar surface area (TPSA) is 93.0 Å². The highest BCUT2D eigenvalue weighted by atomic mass is 35.5. The van der Waals surface area contributed by atoms with Gasteiger partial charge in [0, 0.05) is 26.2 Å². The molecule has 0 radical (unpaired) electrons. The van der Waals surface area contributed by atoms with Crippen LogP contribution in [0.15, 0.2) is 18.2 Å². The van der Waals surface area contributed by atoms with Crippen molar-refractivity contribution in [1.29, 1.82) is 0 Å². The molecule has 0 aromatic heterocycles. The number of ether oxygens (including phenoxy) is 1. The minimum Gasteiger partial charge on any atom is -0.491 e. The van der Waals surface area contributed by atoms with Gasteiger partial charge in [-0.15, -0.1) is 0 Å². The Morgan fingerprint density at radius 3 is 2.68 bits per heavy atom. The van der Waals surface area contributed by atoms with Crippen LogP contribution in [0.25, 0.3) is 0 Å². The molecule has 1 atom stereocenters. The number of amides is 3. The molecular formula is C13H14ClN3O5. The molecule has 0 saturated carbocycles. The van der Waals surface area contributed by atoms with E-state index in [1.165, 1.54) is 30.1 Å². The highest BCUT2D eigenvalue weighted by Crippen LogP contribution is 2.28. The van der Waals surface area contributed by atoms with Gasteiger partial charge in [-0.3, -0.25) is 19.8 Å². The molecule has 0 spiro atoms. The zero-order valence-electron chi connectivity index (χ0n) is 12.0. The monoisotopic (exact) mass is 327 g/mol. The van der Waals surface area contributed by atoms with Crippen LogP contribution in [-0.2, 0) is 4.79 Å². The van der Waals surface area contributed by atoms with Crippen molar-refractivity contribution in [3.05, 3.63) is 33.3 Å². The van der Waals surface area contributed by atoms with E-state index in [0.29, 0.717) is 5.75 Å². The van der Waals surface area contributed by atoms with Gasteiger partial charge in [-0.1, -0.05) is 11.6 Å². The summed E-state index contributed by atoms with van der Waals surface area (Å²) in [5.41, 5.74) is -0.212. The zero-order valence-corrected chi connectivity index (χ0v) is 12.7. The number of hydrogen-bond acceptors (Lipinski definition) is 5. The first-order chi connectivity index (χ1) is 10.3. The van der Waals surface area contributed by atoms with E-state index >= 15 is 0 Å². The van der Waals surface area contributed by atoms with E-state index in [-0.39, 0.29) is 29.6 Å². The van der Waals surface area contributed by atoms with Crippen LogP contribution in [0.3, 0.4) is 0 Å². The first-order valence-electron chi connectivity index (χ1n) is 6.41. The van der Waals surface area contributed by atoms with Gasteiger partial charge < -0.3 is 9.64 Å². The minimum absolute atomic E-state index is 0.0358. The van der Waals surface area contributed by atoms with E-state index in [0.717, 1.165) is 4.90 Å². The van der Waals surface area contributed by atoms with Crippen molar-refractivity contribution in [3.8, 4) is 5.75 Å². The van der Waals surface area contributed by atoms with E-state index in [9.17, 15) is 19.7 Å². The number of carbonyl (C=O) groups excluding carboxylic acids is 2. The predicted octanol–water partition coefficient (Wildman–Crippen LogP) is 1.91. The van der Waals surface area contributed by atoms with Gasteiger partial charge in [-0.25, -0.2) is 4.79 Å². The quantitative estimate of drug-likeness (QED) is 0.622. The highest BCUT2D eigenvalue weighted by molar-refractivity contribution is 6.32. The Kier molecular flexibility index (Phi) is 4.51. The van der Waals surface area contributed by atoms with Crippen LogP contribution in [0, 0.1) is 10.1 Å². The lowest BCUT2D eigenvalue weighted by molar-refractivity contribution is -0.384. The normalized spacial score (nSPS) is 18.6. The third-order valence-corrected chi connectivity index (χ3v) is 3.78. The molecule has 118 valence electrons. The number of rotatable bonds is 4. The Morgan fingerprint density at radius 2 is 2.09 bits per heavy atom. The third kappa shape index (κ3) is 3.11. The number of urea groups is 1. The van der Waals surface area contributed by atoms with Crippen molar-refractivity contribution in [3.63, 3.8) is 0 Å². The number of nitrogens with zero attached hydrogens (tertiary/aromatic N) is 3. The van der Waals surface area contributed by atoms with E-state index in [4.69, 9.17) is 16.3 Å². The van der Waals surface area contributed by atoms with Gasteiger partial charge in [0.05, 0.1) is 17.4 Å². The summed E-state index contributed by atoms with van der Waals surface area (Å²) in [6.07, 6.45) is 0.152. The van der Waals surface area contributed by atoms with E-state index in [1.807, 2.05) is 0 Å². The summed E-state index contributed by atoms with van der Waals surface area (Å²) in [5, 5.41) is 10.6. The van der Waals surface area contributed by atoms with Crippen molar-refractivity contribution in [2.45, 2.75) is 12.5 Å². The molecule has 1 aliphatic heterocycles. The second-order valence-electron chi connectivity index (χ2n) is 4.89. The van der Waals surface area contributed by atoms with Crippen molar-refractivity contribution in [1.82, 2.24) is 9.80 Å². The van der Waals surface area contributed by atoms with Gasteiger partial charge in [-0.05, 0) is 6.07 Å². The number of nitro benzene ring substituents is 1. The largest absolute Gasteiger partial charge is 0.491 e. The molecule has 0 aliphatic carbocycles. The number of benzene rings is 1. The summed E-state index contributed by atoms with van der Waals surface area (Å²) in [6, 6.07) is 3.20. The maximum Gasteiger partial charge on any atom is 0.326 e. The van der Waals surface area contributed by atoms with Gasteiger partial charge in [-0.2, -0.15) is 0 Å². The fourth-order valence-electron chi connectivity index (χ4n) is 2.06. The number of carbonyl (C=O) groups is 2. The maximum absolute atomic E-state index is 11.8. The summed E-state index contributed by atoms with van der Waals surface area (Å²) < 4.78 is 5.49. The summed E-state index contributed by atoms with van der Waals surface area (Å²) in [7, 11) is 3.01. The first kappa shape index (κ1) is 16.0. The van der Waals surface area contributed by atoms with Gasteiger partial charge in [0.25, 0.3) is 5.69 Å². The van der Waals surface area contributed by atoms with Crippen LogP contribution in [-0.4, -0.2) is 53.4 Å². The molecule has 1 unspecified atom stereocenters. The molecule has 1 saturated heterocycles. The number of likely N-dealkylation sites (N-methyl/N-ethyl adjacent to an activating group) is 1. The van der Waals surface area contributed by atoms with Gasteiger partial charge in [0.15, 0.2) is 0 Å². The lowest BCUT2D eigenvalue weighted by Gasteiger charge is -2.36. The Bertz CT molecular complexity index is 636. The fraction of sp³-hybridized carbons (Fsp3) is 0.385. The van der Waals surface area contributed by atoms with Gasteiger partial charge in [0.1, 0.15) is 17.4 Å². The summed E-state index contributed by atoms with van der Waals surface area (Å²) in [5.74, 6) is 0.0567. The number of imide groups is 1. The van der Waals surface area contributed by atoms with Crippen LogP contribution in [0.4, 0.5) is 10.5 Å². The minimum atomic E-state index is -0.589. The number of halogens is 1. The van der Waals surface area contributed by atoms with Crippen LogP contribution < -0.4 is 4.74 Å². The average molecular weight is 328 g/mol. The third-order valence-electron chi connectivity index (χ3n) is 3.48. The summed E-state index contributed by atoms with van der Waals surface area (Å²) in [4.78, 5) is 36.1. The van der Waals surface area contributed by atoms with Crippen molar-refractivity contribution in [2.75, 3.05) is 20.7 Å². The predicted molar refractivity (Wildman–Crippen MR) is 77.9 cm³/mol. The maximum atomic E-state index is 11.8. The van der Waals surface area contributed by atoms with Gasteiger partial charge >= 0.3 is 6.03 Å². The van der Waals surface area contributed by atoms with Crippen LogP contribution in [0.2, 0.25) is 5.02 Å². The Balaban J connectivity index is 2.04. The molecule has 1 fully saturated rings. The van der Waals surface area contributed by atoms with Crippen LogP contribution in [0.5, 0.6) is 5.75 Å². The van der Waals surface area contributed by atoms with E-state index < -0.39 is 17.0 Å². The molecule has 0 bridgehead atoms. The molecule has 22 heavy (non-hydrogen) atoms. The van der Waals surface area contributed by atoms with Crippen LogP contribution >= 0.6 is 11.6 Å². The molecule has 1 aliphatic rings. The Morgan fingerprint density at radius 1 is 1.41 bits per heavy atom. The second-order valence-corrected chi connectivity index (χ2v) is 5.29. The van der Waals surface area contributed by atoms with E-state index in [1.54, 1.807) is 7.05 Å². The summed E-state index contributed by atoms with van der Waals surface area (Å²) >= 11 is 5.79. The second kappa shape index (κ2) is 6.18. The fourth-order valence-corrected chi connectivity index (χ4v) is 2.30. The Hall–Kier alpha value is -2.35. The van der Waals surface area contributed by atoms with Crippen molar-refractivity contribution < 1.29 is 19.2 Å². The van der Waals surface area contributed by atoms with Gasteiger partial charge in [0.2, 0.25) is 5.91 Å². The van der Waals surface area contributed by atoms with E-state index in [2.05, 4.69) is 0 Å². The standard InChI is InChI=1S/C13H14ClN3O5/c1-15-8(5-12(18)16(2)13(15)19)7-22-9-3-4-11(17(20)21)10(14)6-9/h3-4,6,8H,5,7H2,1-2H3. The molecule has 2 rings (SSSR count). The molecule has 1 aromatic carbocycles. The molecule has 1 heterocycles. The lowest BCUT2D eigenvalue weighted by Crippen LogP contribution is -2.55. The number of hydrogen-bond donors (Lipinski definition) is 0. The smallest absolute Gasteiger partial charge is 0.326 e. The Labute approximate surface area is 131 Å². The molecule has 8 nitrogen and oxygen atoms in total. The zero-order chi connectivity index (χ0) is 16.4. The summed E-state index contributed by atoms with van der Waals surface area (Å²) in [6.45, 7) is 0.0932.